The van der Waals surface area contributed by atoms with Crippen LogP contribution in [0.4, 0.5) is 17.1 Å². The van der Waals surface area contributed by atoms with Gasteiger partial charge in [0.25, 0.3) is 0 Å². The first-order chi connectivity index (χ1) is 32.7. The van der Waals surface area contributed by atoms with Crippen LogP contribution in [0.3, 0.4) is 0 Å². The summed E-state index contributed by atoms with van der Waals surface area (Å²) in [5.41, 5.74) is 14.6. The van der Waals surface area contributed by atoms with Crippen LogP contribution in [0.5, 0.6) is 0 Å². The minimum absolute atomic E-state index is 0.862. The minimum atomic E-state index is 0.862. The Morgan fingerprint density at radius 1 is 0.258 bits per heavy atom. The molecule has 0 unspecified atom stereocenters. The second kappa shape index (κ2) is 15.5. The smallest absolute Gasteiger partial charge is 0.143 e. The van der Waals surface area contributed by atoms with E-state index in [1.807, 2.05) is 0 Å². The van der Waals surface area contributed by atoms with Crippen LogP contribution in [-0.4, -0.2) is 0 Å². The Morgan fingerprint density at radius 2 is 0.758 bits per heavy atom. The van der Waals surface area contributed by atoms with Crippen LogP contribution in [-0.2, 0) is 0 Å². The molecule has 13 aromatic rings. The van der Waals surface area contributed by atoms with Gasteiger partial charge in [-0.2, -0.15) is 0 Å². The quantitative estimate of drug-likeness (QED) is 0.149. The van der Waals surface area contributed by atoms with Crippen LogP contribution in [0.2, 0.25) is 0 Å². The summed E-state index contributed by atoms with van der Waals surface area (Å²) < 4.78 is 6.74. The second-order valence-corrected chi connectivity index (χ2v) is 17.2. The Hall–Kier alpha value is -8.72. The number of furan rings is 1. The van der Waals surface area contributed by atoms with Gasteiger partial charge in [0.05, 0.1) is 0 Å². The van der Waals surface area contributed by atoms with E-state index in [0.29, 0.717) is 0 Å². The van der Waals surface area contributed by atoms with E-state index in [1.54, 1.807) is 0 Å². The van der Waals surface area contributed by atoms with Crippen LogP contribution in [0.1, 0.15) is 0 Å². The number of fused-ring (bicyclic) bond motifs is 9. The number of hydrogen-bond donors (Lipinski definition) is 0. The van der Waals surface area contributed by atoms with E-state index in [4.69, 9.17) is 4.42 Å². The van der Waals surface area contributed by atoms with Gasteiger partial charge in [-0.15, -0.1) is 0 Å². The topological polar surface area (TPSA) is 16.4 Å². The van der Waals surface area contributed by atoms with E-state index >= 15 is 0 Å². The Balaban J connectivity index is 0.956. The molecule has 0 amide bonds. The highest BCUT2D eigenvalue weighted by Gasteiger charge is 2.20. The van der Waals surface area contributed by atoms with Crippen LogP contribution in [0.15, 0.2) is 253 Å². The summed E-state index contributed by atoms with van der Waals surface area (Å²) in [7, 11) is 0. The predicted octanol–water partition coefficient (Wildman–Crippen LogP) is 18.3. The van der Waals surface area contributed by atoms with E-state index in [2.05, 4.69) is 254 Å². The maximum Gasteiger partial charge on any atom is 0.143 e. The first-order valence-corrected chi connectivity index (χ1v) is 22.7. The van der Waals surface area contributed by atoms with Crippen molar-refractivity contribution in [3.63, 3.8) is 0 Å². The van der Waals surface area contributed by atoms with Gasteiger partial charge in [-0.05, 0) is 131 Å². The average molecular weight is 840 g/mol. The molecule has 0 fully saturated rings. The molecule has 0 spiro atoms. The van der Waals surface area contributed by atoms with Crippen LogP contribution >= 0.6 is 0 Å². The molecule has 2 nitrogen and oxygen atoms in total. The summed E-state index contributed by atoms with van der Waals surface area (Å²) in [5, 5.41) is 12.0. The number of benzene rings is 12. The van der Waals surface area contributed by atoms with Crippen molar-refractivity contribution in [2.24, 2.45) is 0 Å². The maximum atomic E-state index is 6.74. The van der Waals surface area contributed by atoms with Gasteiger partial charge in [-0.3, -0.25) is 0 Å². The first kappa shape index (κ1) is 37.8. The summed E-state index contributed by atoms with van der Waals surface area (Å²) >= 11 is 0. The Bertz CT molecular complexity index is 3960. The van der Waals surface area contributed by atoms with Crippen LogP contribution in [0.25, 0.3) is 110 Å². The van der Waals surface area contributed by atoms with Gasteiger partial charge in [-0.1, -0.05) is 194 Å². The van der Waals surface area contributed by atoms with Crippen molar-refractivity contribution in [2.75, 3.05) is 4.90 Å². The Morgan fingerprint density at radius 3 is 1.47 bits per heavy atom. The standard InChI is InChI=1S/C64H41NO/c1-3-16-46(17-4-1)62-58-24-12-11-23-55(58)56-37-31-48(40-60(56)63(62)47-18-5-2-6-19-47)42-26-32-49(33-27-42)65(50-34-28-45(29-35-50)53-25-13-20-43-14-7-9-21-52(43)53)51-36-39-57-59-38-30-44-15-8-10-22-54(44)64(59)66-61(57)41-51/h1-41H. The predicted molar refractivity (Wildman–Crippen MR) is 280 cm³/mol. The molecule has 0 radical (unpaired) electrons. The number of hydrogen-bond acceptors (Lipinski definition) is 2. The van der Waals surface area contributed by atoms with Crippen molar-refractivity contribution in [3.8, 4) is 44.5 Å². The van der Waals surface area contributed by atoms with Gasteiger partial charge in [-0.25, -0.2) is 0 Å². The highest BCUT2D eigenvalue weighted by Crippen LogP contribution is 2.46. The molecule has 308 valence electrons. The first-order valence-electron chi connectivity index (χ1n) is 22.7. The summed E-state index contributed by atoms with van der Waals surface area (Å²) in [6, 6.07) is 90.2. The molecule has 1 aromatic heterocycles. The van der Waals surface area contributed by atoms with Gasteiger partial charge in [0, 0.05) is 39.3 Å². The van der Waals surface area contributed by atoms with Gasteiger partial charge < -0.3 is 9.32 Å². The molecule has 0 N–H and O–H groups in total. The largest absolute Gasteiger partial charge is 0.455 e. The molecule has 66 heavy (non-hydrogen) atoms. The molecule has 0 atom stereocenters. The summed E-state index contributed by atoms with van der Waals surface area (Å²) in [4.78, 5) is 2.34. The van der Waals surface area contributed by atoms with Crippen molar-refractivity contribution < 1.29 is 4.42 Å². The van der Waals surface area contributed by atoms with E-state index in [9.17, 15) is 0 Å². The maximum absolute atomic E-state index is 6.74. The molecule has 0 saturated carbocycles. The number of nitrogens with zero attached hydrogens (tertiary/aromatic N) is 1. The molecule has 13 rings (SSSR count). The molecule has 0 aliphatic carbocycles. The SMILES string of the molecule is c1ccc(-c2c(-c3ccccc3)c3cc(-c4ccc(N(c5ccc(-c6cccc7ccccc67)cc5)c5ccc6c(c5)oc5c7ccccc7ccc65)cc4)ccc3c3ccccc23)cc1. The molecule has 1 heterocycles. The third kappa shape index (κ3) is 6.26. The van der Waals surface area contributed by atoms with E-state index in [-0.39, 0.29) is 0 Å². The average Bonchev–Trinajstić information content (AvgIpc) is 3.77. The lowest BCUT2D eigenvalue weighted by Crippen LogP contribution is -2.09. The molecule has 2 heteroatoms. The minimum Gasteiger partial charge on any atom is -0.455 e. The Labute approximate surface area is 382 Å². The fourth-order valence-electron chi connectivity index (χ4n) is 10.3. The Kier molecular flexibility index (Phi) is 8.89. The molecule has 0 saturated heterocycles. The fraction of sp³-hybridized carbons (Fsp3) is 0. The van der Waals surface area contributed by atoms with Gasteiger partial charge in [0.15, 0.2) is 0 Å². The fourth-order valence-corrected chi connectivity index (χ4v) is 10.3. The van der Waals surface area contributed by atoms with Crippen molar-refractivity contribution in [1.82, 2.24) is 0 Å². The van der Waals surface area contributed by atoms with Crippen LogP contribution < -0.4 is 4.90 Å². The van der Waals surface area contributed by atoms with Gasteiger partial charge in [0.2, 0.25) is 0 Å². The van der Waals surface area contributed by atoms with Crippen molar-refractivity contribution >= 4 is 82.1 Å². The van der Waals surface area contributed by atoms with E-state index in [1.165, 1.54) is 76.6 Å². The monoisotopic (exact) mass is 839 g/mol. The second-order valence-electron chi connectivity index (χ2n) is 17.2. The molecular formula is C64H41NO. The third-order valence-electron chi connectivity index (χ3n) is 13.4. The third-order valence-corrected chi connectivity index (χ3v) is 13.4. The van der Waals surface area contributed by atoms with Gasteiger partial charge >= 0.3 is 0 Å². The van der Waals surface area contributed by atoms with E-state index in [0.717, 1.165) is 50.0 Å². The normalized spacial score (nSPS) is 11.6. The lowest BCUT2D eigenvalue weighted by molar-refractivity contribution is 0.672. The lowest BCUT2D eigenvalue weighted by Gasteiger charge is -2.26. The molecule has 0 aliphatic heterocycles. The zero-order chi connectivity index (χ0) is 43.6. The summed E-state index contributed by atoms with van der Waals surface area (Å²) in [6.45, 7) is 0. The summed E-state index contributed by atoms with van der Waals surface area (Å²) in [6.07, 6.45) is 0. The lowest BCUT2D eigenvalue weighted by atomic mass is 9.84. The highest BCUT2D eigenvalue weighted by molar-refractivity contribution is 6.22. The zero-order valence-electron chi connectivity index (χ0n) is 36.0. The highest BCUT2D eigenvalue weighted by atomic mass is 16.3. The molecular weight excluding hydrogens is 799 g/mol. The van der Waals surface area contributed by atoms with Crippen molar-refractivity contribution in [3.05, 3.63) is 249 Å². The molecule has 12 aromatic carbocycles. The van der Waals surface area contributed by atoms with Crippen molar-refractivity contribution in [2.45, 2.75) is 0 Å². The van der Waals surface area contributed by atoms with E-state index < -0.39 is 0 Å². The molecule has 0 bridgehead atoms. The van der Waals surface area contributed by atoms with Crippen molar-refractivity contribution in [1.29, 1.82) is 0 Å². The molecule has 0 aliphatic rings. The zero-order valence-corrected chi connectivity index (χ0v) is 36.0. The number of anilines is 3. The number of rotatable bonds is 7. The van der Waals surface area contributed by atoms with Crippen LogP contribution in [0, 0.1) is 0 Å². The van der Waals surface area contributed by atoms with Gasteiger partial charge in [0.1, 0.15) is 11.2 Å². The summed E-state index contributed by atoms with van der Waals surface area (Å²) in [5.74, 6) is 0.